The van der Waals surface area contributed by atoms with Gasteiger partial charge in [0.1, 0.15) is 16.5 Å². The number of imide groups is 1. The Labute approximate surface area is 215 Å². The summed E-state index contributed by atoms with van der Waals surface area (Å²) < 4.78 is 13.3. The Morgan fingerprint density at radius 2 is 1.60 bits per heavy atom. The first-order valence-electron chi connectivity index (χ1n) is 10.3. The first kappa shape index (κ1) is 24.7. The Hall–Kier alpha value is -3.39. The van der Waals surface area contributed by atoms with Crippen molar-refractivity contribution in [1.82, 2.24) is 10.2 Å². The number of carbonyl (C=O) groups excluding carboxylic acids is 3. The molecule has 3 aromatic rings. The van der Waals surface area contributed by atoms with Crippen molar-refractivity contribution >= 4 is 58.2 Å². The van der Waals surface area contributed by atoms with Crippen LogP contribution in [0.5, 0.6) is 0 Å². The van der Waals surface area contributed by atoms with E-state index >= 15 is 0 Å². The van der Waals surface area contributed by atoms with Crippen LogP contribution < -0.4 is 10.6 Å². The van der Waals surface area contributed by atoms with Crippen LogP contribution in [-0.4, -0.2) is 22.6 Å². The second kappa shape index (κ2) is 10.5. The van der Waals surface area contributed by atoms with Crippen molar-refractivity contribution in [2.75, 3.05) is 5.32 Å². The minimum absolute atomic E-state index is 0.00118. The molecule has 1 heterocycles. The molecule has 0 aromatic heterocycles. The number of benzene rings is 3. The first-order valence-corrected chi connectivity index (χ1v) is 11.5. The van der Waals surface area contributed by atoms with Gasteiger partial charge in [0.05, 0.1) is 11.6 Å². The Morgan fingerprint density at radius 3 is 2.29 bits per heavy atom. The van der Waals surface area contributed by atoms with Crippen molar-refractivity contribution in [3.8, 4) is 0 Å². The maximum absolute atomic E-state index is 13.3. The normalized spacial score (nSPS) is 13.4. The second-order valence-corrected chi connectivity index (χ2v) is 8.80. The maximum Gasteiger partial charge on any atom is 0.278 e. The van der Waals surface area contributed by atoms with Gasteiger partial charge < -0.3 is 10.6 Å². The summed E-state index contributed by atoms with van der Waals surface area (Å²) in [5, 5.41) is 5.70. The van der Waals surface area contributed by atoms with Crippen molar-refractivity contribution < 1.29 is 18.8 Å². The van der Waals surface area contributed by atoms with Crippen LogP contribution in [0.3, 0.4) is 0 Å². The highest BCUT2D eigenvalue weighted by atomic mass is 35.5. The summed E-state index contributed by atoms with van der Waals surface area (Å²) in [7, 11) is 0. The van der Waals surface area contributed by atoms with E-state index in [0.717, 1.165) is 16.5 Å². The van der Waals surface area contributed by atoms with Gasteiger partial charge in [0.2, 0.25) is 0 Å². The Bertz CT molecular complexity index is 1360. The molecule has 0 radical (unpaired) electrons. The fraction of sp³-hybridized carbons (Fsp3) is 0.0800. The fourth-order valence-electron chi connectivity index (χ4n) is 3.38. The van der Waals surface area contributed by atoms with Crippen LogP contribution in [0.4, 0.5) is 10.1 Å². The number of hydrogen-bond acceptors (Lipinski definition) is 4. The van der Waals surface area contributed by atoms with E-state index in [1.165, 1.54) is 12.1 Å². The van der Waals surface area contributed by atoms with Crippen LogP contribution in [0.25, 0.3) is 0 Å². The number of rotatable bonds is 7. The molecule has 2 N–H and O–H groups in total. The van der Waals surface area contributed by atoms with E-state index in [9.17, 15) is 18.8 Å². The largest absolute Gasteiger partial charge is 0.375 e. The van der Waals surface area contributed by atoms with Gasteiger partial charge in [-0.1, -0.05) is 65.1 Å². The van der Waals surface area contributed by atoms with Crippen molar-refractivity contribution in [1.29, 1.82) is 0 Å². The van der Waals surface area contributed by atoms with E-state index in [1.54, 1.807) is 48.5 Å². The summed E-state index contributed by atoms with van der Waals surface area (Å²) in [4.78, 5) is 38.8. The molecule has 6 nitrogen and oxygen atoms in total. The molecule has 3 aromatic carbocycles. The van der Waals surface area contributed by atoms with Crippen LogP contribution in [0.1, 0.15) is 21.5 Å². The highest BCUT2D eigenvalue weighted by Crippen LogP contribution is 2.26. The molecule has 1 aliphatic heterocycles. The molecule has 35 heavy (non-hydrogen) atoms. The summed E-state index contributed by atoms with van der Waals surface area (Å²) in [6.07, 6.45) is 0. The predicted molar refractivity (Wildman–Crippen MR) is 133 cm³/mol. The fourth-order valence-corrected chi connectivity index (χ4v) is 4.01. The molecule has 0 atom stereocenters. The van der Waals surface area contributed by atoms with E-state index < -0.39 is 23.5 Å². The van der Waals surface area contributed by atoms with E-state index in [4.69, 9.17) is 34.8 Å². The van der Waals surface area contributed by atoms with Crippen LogP contribution in [0.15, 0.2) is 77.5 Å². The average Bonchev–Trinajstić information content (AvgIpc) is 3.04. The number of nitrogens with one attached hydrogen (secondary N) is 2. The molecule has 4 rings (SSSR count). The second-order valence-electron chi connectivity index (χ2n) is 7.61. The summed E-state index contributed by atoms with van der Waals surface area (Å²) in [5.74, 6) is -2.13. The molecule has 0 aliphatic carbocycles. The lowest BCUT2D eigenvalue weighted by molar-refractivity contribution is -0.138. The van der Waals surface area contributed by atoms with E-state index in [2.05, 4.69) is 10.6 Å². The Morgan fingerprint density at radius 1 is 0.886 bits per heavy atom. The highest BCUT2D eigenvalue weighted by Gasteiger charge is 2.37. The third-order valence-electron chi connectivity index (χ3n) is 5.26. The minimum atomic E-state index is -0.605. The zero-order chi connectivity index (χ0) is 25.1. The third kappa shape index (κ3) is 5.48. The van der Waals surface area contributed by atoms with Crippen LogP contribution in [-0.2, 0) is 22.7 Å². The maximum atomic E-state index is 13.3. The third-order valence-corrected chi connectivity index (χ3v) is 6.27. The van der Waals surface area contributed by atoms with Gasteiger partial charge >= 0.3 is 0 Å². The van der Waals surface area contributed by atoms with E-state index in [0.29, 0.717) is 21.8 Å². The van der Waals surface area contributed by atoms with Gasteiger partial charge in [-0.3, -0.25) is 19.3 Å². The molecule has 0 spiro atoms. The zero-order valence-electron chi connectivity index (χ0n) is 17.9. The Balaban J connectivity index is 1.38. The molecular weight excluding hydrogens is 516 g/mol. The van der Waals surface area contributed by atoms with Crippen molar-refractivity contribution in [2.24, 2.45) is 0 Å². The van der Waals surface area contributed by atoms with E-state index in [1.807, 2.05) is 0 Å². The van der Waals surface area contributed by atoms with Gasteiger partial charge in [-0.25, -0.2) is 4.39 Å². The number of halogens is 4. The molecule has 3 amide bonds. The molecule has 0 bridgehead atoms. The standard InChI is InChI=1S/C25H17Cl3FN3O3/c26-18-4-2-1-3-16(18)13-32-24(34)21(28)22(25(32)35)30-12-14-5-7-15(8-6-14)23(33)31-17-9-10-20(29)19(27)11-17/h1-11,30H,12-13H2,(H,31,33). The smallest absolute Gasteiger partial charge is 0.278 e. The van der Waals surface area contributed by atoms with Gasteiger partial charge in [0.25, 0.3) is 17.7 Å². The van der Waals surface area contributed by atoms with E-state index in [-0.39, 0.29) is 28.8 Å². The van der Waals surface area contributed by atoms with Crippen molar-refractivity contribution in [3.05, 3.63) is 110 Å². The SMILES string of the molecule is O=C(Nc1ccc(F)c(Cl)c1)c1ccc(CNC2=C(Cl)C(=O)N(Cc3ccccc3Cl)C2=O)cc1. The number of amides is 3. The molecule has 0 saturated carbocycles. The zero-order valence-corrected chi connectivity index (χ0v) is 20.2. The predicted octanol–water partition coefficient (Wildman–Crippen LogP) is 5.49. The number of hydrogen-bond donors (Lipinski definition) is 2. The Kier molecular flexibility index (Phi) is 7.40. The van der Waals surface area contributed by atoms with Gasteiger partial charge in [-0.05, 0) is 47.5 Å². The number of carbonyl (C=O) groups is 3. The van der Waals surface area contributed by atoms with Crippen LogP contribution >= 0.6 is 34.8 Å². The summed E-state index contributed by atoms with van der Waals surface area (Å²) in [6, 6.07) is 17.4. The lowest BCUT2D eigenvalue weighted by Gasteiger charge is -2.16. The number of nitrogens with zero attached hydrogens (tertiary/aromatic N) is 1. The van der Waals surface area contributed by atoms with Crippen molar-refractivity contribution in [2.45, 2.75) is 13.1 Å². The quantitative estimate of drug-likeness (QED) is 0.394. The molecule has 0 saturated heterocycles. The summed E-state index contributed by atoms with van der Waals surface area (Å²) >= 11 is 18.0. The molecule has 10 heteroatoms. The van der Waals surface area contributed by atoms with Crippen molar-refractivity contribution in [3.63, 3.8) is 0 Å². The topological polar surface area (TPSA) is 78.5 Å². The highest BCUT2D eigenvalue weighted by molar-refractivity contribution is 6.47. The molecule has 1 aliphatic rings. The minimum Gasteiger partial charge on any atom is -0.375 e. The lowest BCUT2D eigenvalue weighted by Crippen LogP contribution is -2.33. The summed E-state index contributed by atoms with van der Waals surface area (Å²) in [5.41, 5.74) is 2.09. The lowest BCUT2D eigenvalue weighted by atomic mass is 10.1. The molecular formula is C25H17Cl3FN3O3. The average molecular weight is 533 g/mol. The van der Waals surface area contributed by atoms with Gasteiger partial charge in [-0.2, -0.15) is 0 Å². The van der Waals surface area contributed by atoms with Crippen LogP contribution in [0, 0.1) is 5.82 Å². The van der Waals surface area contributed by atoms with Crippen LogP contribution in [0.2, 0.25) is 10.0 Å². The molecule has 178 valence electrons. The molecule has 0 unspecified atom stereocenters. The summed E-state index contributed by atoms with van der Waals surface area (Å²) in [6.45, 7) is 0.196. The first-order chi connectivity index (χ1) is 16.7. The van der Waals surface area contributed by atoms with Gasteiger partial charge in [-0.15, -0.1) is 0 Å². The van der Waals surface area contributed by atoms with Gasteiger partial charge in [0, 0.05) is 22.8 Å². The van der Waals surface area contributed by atoms with Gasteiger partial charge in [0.15, 0.2) is 0 Å². The molecule has 0 fully saturated rings. The number of anilines is 1. The monoisotopic (exact) mass is 531 g/mol.